The van der Waals surface area contributed by atoms with Gasteiger partial charge in [0.1, 0.15) is 0 Å². The summed E-state index contributed by atoms with van der Waals surface area (Å²) in [6, 6.07) is 12.6. The molecule has 1 aromatic heterocycles. The lowest BCUT2D eigenvalue weighted by atomic mass is 9.95. The van der Waals surface area contributed by atoms with E-state index in [0.717, 1.165) is 31.5 Å². The van der Waals surface area contributed by atoms with E-state index in [2.05, 4.69) is 47.1 Å². The fraction of sp³-hybridized carbons (Fsp3) is 0.278. The number of rotatable bonds is 2. The smallest absolute Gasteiger partial charge is 0.251 e. The largest absolute Gasteiger partial charge is 0.352 e. The average molecular weight is 278 g/mol. The van der Waals surface area contributed by atoms with Gasteiger partial charge in [0, 0.05) is 40.5 Å². The summed E-state index contributed by atoms with van der Waals surface area (Å²) in [5.41, 5.74) is 4.58. The molecule has 0 saturated carbocycles. The number of nitrogens with zero attached hydrogens (tertiary/aromatic N) is 1. The first-order chi connectivity index (χ1) is 10.3. The molecular formula is C18H18N2O. The van der Waals surface area contributed by atoms with Crippen molar-refractivity contribution in [2.24, 2.45) is 0 Å². The van der Waals surface area contributed by atoms with Gasteiger partial charge in [0.05, 0.1) is 0 Å². The quantitative estimate of drug-likeness (QED) is 0.765. The second-order valence-corrected chi connectivity index (χ2v) is 5.66. The number of hydrogen-bond acceptors (Lipinski definition) is 1. The van der Waals surface area contributed by atoms with Crippen LogP contribution in [0.2, 0.25) is 0 Å². The van der Waals surface area contributed by atoms with Crippen molar-refractivity contribution in [1.82, 2.24) is 9.88 Å². The summed E-state index contributed by atoms with van der Waals surface area (Å²) < 4.78 is 2.39. The van der Waals surface area contributed by atoms with E-state index in [9.17, 15) is 4.79 Å². The van der Waals surface area contributed by atoms with Gasteiger partial charge in [-0.25, -0.2) is 0 Å². The minimum Gasteiger partial charge on any atom is -0.352 e. The second-order valence-electron chi connectivity index (χ2n) is 5.66. The number of carbonyl (C=O) groups is 1. The Morgan fingerprint density at radius 3 is 2.86 bits per heavy atom. The molecule has 3 aromatic rings. The van der Waals surface area contributed by atoms with Gasteiger partial charge in [-0.3, -0.25) is 4.79 Å². The Morgan fingerprint density at radius 1 is 1.14 bits per heavy atom. The van der Waals surface area contributed by atoms with Crippen molar-refractivity contribution in [3.05, 3.63) is 47.5 Å². The van der Waals surface area contributed by atoms with Crippen molar-refractivity contribution < 1.29 is 4.79 Å². The summed E-state index contributed by atoms with van der Waals surface area (Å²) in [7, 11) is 0. The number of carbonyl (C=O) groups excluding carboxylic acids is 1. The van der Waals surface area contributed by atoms with Crippen molar-refractivity contribution in [1.29, 1.82) is 0 Å². The summed E-state index contributed by atoms with van der Waals surface area (Å²) in [6.45, 7) is 3.94. The fourth-order valence-electron chi connectivity index (χ4n) is 3.54. The lowest BCUT2D eigenvalue weighted by Gasteiger charge is -2.17. The average Bonchev–Trinajstić information content (AvgIpc) is 2.83. The van der Waals surface area contributed by atoms with Crippen LogP contribution in [0.5, 0.6) is 0 Å². The highest BCUT2D eigenvalue weighted by molar-refractivity contribution is 6.13. The van der Waals surface area contributed by atoms with Gasteiger partial charge < -0.3 is 9.88 Å². The molecule has 0 spiro atoms. The zero-order valence-electron chi connectivity index (χ0n) is 12.1. The number of hydrogen-bond donors (Lipinski definition) is 1. The van der Waals surface area contributed by atoms with E-state index in [1.54, 1.807) is 0 Å². The first-order valence-corrected chi connectivity index (χ1v) is 7.62. The third-order valence-corrected chi connectivity index (χ3v) is 4.40. The Labute approximate surface area is 123 Å². The molecule has 21 heavy (non-hydrogen) atoms. The molecule has 1 amide bonds. The summed E-state index contributed by atoms with van der Waals surface area (Å²) >= 11 is 0. The highest BCUT2D eigenvalue weighted by Gasteiger charge is 2.22. The Kier molecular flexibility index (Phi) is 2.74. The number of amides is 1. The number of para-hydroxylation sites is 1. The maximum atomic E-state index is 12.1. The molecule has 1 aliphatic rings. The Balaban J connectivity index is 2.17. The molecule has 3 heteroatoms. The normalized spacial score (nSPS) is 14.4. The molecule has 3 nitrogen and oxygen atoms in total. The van der Waals surface area contributed by atoms with Gasteiger partial charge >= 0.3 is 0 Å². The molecule has 1 aliphatic heterocycles. The van der Waals surface area contributed by atoms with E-state index in [0.29, 0.717) is 0 Å². The molecule has 0 atom stereocenters. The highest BCUT2D eigenvalue weighted by Crippen LogP contribution is 2.34. The van der Waals surface area contributed by atoms with Crippen LogP contribution in [0.4, 0.5) is 0 Å². The van der Waals surface area contributed by atoms with Crippen LogP contribution in [0.15, 0.2) is 36.4 Å². The monoisotopic (exact) mass is 278 g/mol. The van der Waals surface area contributed by atoms with Crippen LogP contribution < -0.4 is 5.32 Å². The molecule has 0 saturated heterocycles. The maximum Gasteiger partial charge on any atom is 0.251 e. The summed E-state index contributed by atoms with van der Waals surface area (Å²) in [5, 5.41) is 5.48. The van der Waals surface area contributed by atoms with Crippen LogP contribution in [0.3, 0.4) is 0 Å². The first-order valence-electron chi connectivity index (χ1n) is 7.62. The van der Waals surface area contributed by atoms with Crippen molar-refractivity contribution in [3.8, 4) is 0 Å². The lowest BCUT2D eigenvalue weighted by molar-refractivity contribution is 0.0946. The van der Waals surface area contributed by atoms with E-state index in [1.807, 2.05) is 6.07 Å². The van der Waals surface area contributed by atoms with E-state index in [-0.39, 0.29) is 5.91 Å². The molecule has 4 rings (SSSR count). The van der Waals surface area contributed by atoms with Crippen molar-refractivity contribution in [2.75, 3.05) is 6.54 Å². The van der Waals surface area contributed by atoms with Gasteiger partial charge in [-0.05, 0) is 36.6 Å². The zero-order chi connectivity index (χ0) is 14.4. The molecular weight excluding hydrogens is 260 g/mol. The van der Waals surface area contributed by atoms with Gasteiger partial charge in [-0.2, -0.15) is 0 Å². The van der Waals surface area contributed by atoms with Crippen LogP contribution in [-0.2, 0) is 13.0 Å². The van der Waals surface area contributed by atoms with Crippen molar-refractivity contribution in [2.45, 2.75) is 26.3 Å². The van der Waals surface area contributed by atoms with Gasteiger partial charge in [-0.15, -0.1) is 0 Å². The fourth-order valence-corrected chi connectivity index (χ4v) is 3.54. The van der Waals surface area contributed by atoms with Gasteiger partial charge in [0.2, 0.25) is 0 Å². The summed E-state index contributed by atoms with van der Waals surface area (Å²) in [6.07, 6.45) is 2.02. The van der Waals surface area contributed by atoms with Crippen molar-refractivity contribution >= 4 is 27.7 Å². The summed E-state index contributed by atoms with van der Waals surface area (Å²) in [4.78, 5) is 12.1. The Hall–Kier alpha value is -2.29. The molecule has 2 aromatic carbocycles. The molecule has 0 bridgehead atoms. The third kappa shape index (κ3) is 1.70. The van der Waals surface area contributed by atoms with E-state index >= 15 is 0 Å². The topological polar surface area (TPSA) is 34.0 Å². The van der Waals surface area contributed by atoms with Gasteiger partial charge in [-0.1, -0.05) is 25.1 Å². The molecule has 0 aliphatic carbocycles. The highest BCUT2D eigenvalue weighted by atomic mass is 16.1. The van der Waals surface area contributed by atoms with E-state index in [1.165, 1.54) is 27.4 Å². The Bertz CT molecular complexity index is 860. The van der Waals surface area contributed by atoms with E-state index in [4.69, 9.17) is 0 Å². The predicted octanol–water partition coefficient (Wildman–Crippen LogP) is 3.49. The number of aryl methyl sites for hydroxylation is 1. The molecule has 1 N–H and O–H groups in total. The third-order valence-electron chi connectivity index (χ3n) is 4.40. The van der Waals surface area contributed by atoms with E-state index < -0.39 is 0 Å². The number of nitrogens with one attached hydrogen (secondary N) is 1. The van der Waals surface area contributed by atoms with Crippen LogP contribution in [0.1, 0.15) is 29.3 Å². The zero-order valence-corrected chi connectivity index (χ0v) is 12.1. The molecule has 0 unspecified atom stereocenters. The van der Waals surface area contributed by atoms with Crippen LogP contribution in [0.25, 0.3) is 21.8 Å². The minimum atomic E-state index is 0.0606. The summed E-state index contributed by atoms with van der Waals surface area (Å²) in [5.74, 6) is 0.0606. The molecule has 106 valence electrons. The van der Waals surface area contributed by atoms with Gasteiger partial charge in [0.25, 0.3) is 5.91 Å². The second kappa shape index (κ2) is 4.62. The van der Waals surface area contributed by atoms with Crippen LogP contribution in [0, 0.1) is 0 Å². The molecule has 2 heterocycles. The SMILES string of the molecule is CCCn1c2ccccc2c2c3c(ccc21)C(=O)NCC3. The maximum absolute atomic E-state index is 12.1. The lowest BCUT2D eigenvalue weighted by Crippen LogP contribution is -2.31. The van der Waals surface area contributed by atoms with Gasteiger partial charge in [0.15, 0.2) is 0 Å². The van der Waals surface area contributed by atoms with Crippen molar-refractivity contribution in [3.63, 3.8) is 0 Å². The predicted molar refractivity (Wildman–Crippen MR) is 85.8 cm³/mol. The number of fused-ring (bicyclic) bond motifs is 5. The Morgan fingerprint density at radius 2 is 2.00 bits per heavy atom. The van der Waals surface area contributed by atoms with Crippen LogP contribution >= 0.6 is 0 Å². The molecule has 0 fully saturated rings. The minimum absolute atomic E-state index is 0.0606. The number of aromatic nitrogens is 1. The first kappa shape index (κ1) is 12.5. The number of benzene rings is 2. The van der Waals surface area contributed by atoms with Crippen LogP contribution in [-0.4, -0.2) is 17.0 Å². The molecule has 0 radical (unpaired) electrons. The standard InChI is InChI=1S/C18H18N2O/c1-2-11-20-15-6-4-3-5-14(15)17-12-9-10-19-18(21)13(12)7-8-16(17)20/h3-8H,2,9-11H2,1H3,(H,19,21).